The molecule has 0 aromatic carbocycles. The second kappa shape index (κ2) is 7.28. The van der Waals surface area contributed by atoms with Crippen molar-refractivity contribution in [3.63, 3.8) is 0 Å². The van der Waals surface area contributed by atoms with Crippen LogP contribution < -0.4 is 0 Å². The van der Waals surface area contributed by atoms with Crippen LogP contribution in [0.1, 0.15) is 71.1 Å². The van der Waals surface area contributed by atoms with Gasteiger partial charge in [-0.2, -0.15) is 0 Å². The van der Waals surface area contributed by atoms with Crippen molar-refractivity contribution >= 4 is 15.9 Å². The van der Waals surface area contributed by atoms with Gasteiger partial charge < -0.3 is 4.74 Å². The first-order valence-corrected chi connectivity index (χ1v) is 9.08. The Labute approximate surface area is 121 Å². The van der Waals surface area contributed by atoms with Crippen molar-refractivity contribution in [1.29, 1.82) is 0 Å². The lowest BCUT2D eigenvalue weighted by Crippen LogP contribution is -2.33. The second-order valence-corrected chi connectivity index (χ2v) is 7.12. The van der Waals surface area contributed by atoms with Crippen molar-refractivity contribution in [3.8, 4) is 0 Å². The van der Waals surface area contributed by atoms with Crippen molar-refractivity contribution in [2.75, 3.05) is 11.9 Å². The summed E-state index contributed by atoms with van der Waals surface area (Å²) in [7, 11) is 0. The van der Waals surface area contributed by atoms with Crippen LogP contribution in [0, 0.1) is 11.3 Å². The molecule has 2 fully saturated rings. The van der Waals surface area contributed by atoms with Gasteiger partial charge in [-0.1, -0.05) is 42.1 Å². The highest BCUT2D eigenvalue weighted by Gasteiger charge is 2.37. The maximum atomic E-state index is 5.85. The highest BCUT2D eigenvalue weighted by molar-refractivity contribution is 9.09. The van der Waals surface area contributed by atoms with Crippen LogP contribution in [0.15, 0.2) is 0 Å². The van der Waals surface area contributed by atoms with Crippen molar-refractivity contribution in [2.45, 2.75) is 77.2 Å². The predicted molar refractivity (Wildman–Crippen MR) is 81.3 cm³/mol. The molecule has 1 saturated carbocycles. The van der Waals surface area contributed by atoms with Gasteiger partial charge in [0, 0.05) is 11.9 Å². The fraction of sp³-hybridized carbons (Fsp3) is 1.00. The average Bonchev–Trinajstić information content (AvgIpc) is 2.91. The van der Waals surface area contributed by atoms with E-state index < -0.39 is 0 Å². The fourth-order valence-electron chi connectivity index (χ4n) is 3.75. The Balaban J connectivity index is 1.79. The topological polar surface area (TPSA) is 9.23 Å². The van der Waals surface area contributed by atoms with Gasteiger partial charge in [0.15, 0.2) is 0 Å². The summed E-state index contributed by atoms with van der Waals surface area (Å²) < 4.78 is 5.85. The summed E-state index contributed by atoms with van der Waals surface area (Å²) in [6, 6.07) is 0. The van der Waals surface area contributed by atoms with E-state index in [9.17, 15) is 0 Å². The van der Waals surface area contributed by atoms with Gasteiger partial charge in [-0.3, -0.25) is 0 Å². The highest BCUT2D eigenvalue weighted by atomic mass is 79.9. The number of halogens is 1. The maximum Gasteiger partial charge on any atom is 0.0581 e. The van der Waals surface area contributed by atoms with E-state index >= 15 is 0 Å². The second-order valence-electron chi connectivity index (χ2n) is 6.56. The Hall–Kier alpha value is 0.440. The fourth-order valence-corrected chi connectivity index (χ4v) is 4.54. The lowest BCUT2D eigenvalue weighted by atomic mass is 9.68. The van der Waals surface area contributed by atoms with E-state index in [0.717, 1.165) is 12.5 Å². The summed E-state index contributed by atoms with van der Waals surface area (Å²) in [5, 5.41) is 1.18. The molecule has 1 heterocycles. The molecule has 0 amide bonds. The number of hydrogen-bond acceptors (Lipinski definition) is 1. The van der Waals surface area contributed by atoms with Gasteiger partial charge in [-0.15, -0.1) is 0 Å². The molecule has 2 rings (SSSR count). The van der Waals surface area contributed by atoms with Crippen LogP contribution in [0.5, 0.6) is 0 Å². The molecule has 0 aromatic rings. The van der Waals surface area contributed by atoms with Gasteiger partial charge in [-0.25, -0.2) is 0 Å². The zero-order chi connectivity index (χ0) is 12.8. The molecule has 1 saturated heterocycles. The van der Waals surface area contributed by atoms with Crippen LogP contribution in [0.3, 0.4) is 0 Å². The van der Waals surface area contributed by atoms with Crippen molar-refractivity contribution in [2.24, 2.45) is 11.3 Å². The third-order valence-corrected chi connectivity index (χ3v) is 6.29. The predicted octanol–water partition coefficient (Wildman–Crippen LogP) is 5.32. The number of hydrogen-bond donors (Lipinski definition) is 0. The first-order chi connectivity index (χ1) is 8.78. The smallest absolute Gasteiger partial charge is 0.0581 e. The molecular formula is C16H29BrO. The molecule has 0 radical (unpaired) electrons. The van der Waals surface area contributed by atoms with E-state index in [1.54, 1.807) is 0 Å². The first kappa shape index (κ1) is 14.8. The van der Waals surface area contributed by atoms with Gasteiger partial charge in [0.25, 0.3) is 0 Å². The van der Waals surface area contributed by atoms with E-state index in [1.165, 1.54) is 69.5 Å². The Bertz CT molecular complexity index is 227. The molecule has 1 unspecified atom stereocenters. The van der Waals surface area contributed by atoms with E-state index in [0.29, 0.717) is 11.5 Å². The molecule has 1 nitrogen and oxygen atoms in total. The van der Waals surface area contributed by atoms with Gasteiger partial charge >= 0.3 is 0 Å². The molecule has 18 heavy (non-hydrogen) atoms. The zero-order valence-electron chi connectivity index (χ0n) is 11.9. The molecule has 0 bridgehead atoms. The lowest BCUT2D eigenvalue weighted by Gasteiger charge is -2.40. The van der Waals surface area contributed by atoms with E-state index in [2.05, 4.69) is 22.9 Å². The van der Waals surface area contributed by atoms with Crippen LogP contribution in [0.2, 0.25) is 0 Å². The first-order valence-electron chi connectivity index (χ1n) is 7.95. The summed E-state index contributed by atoms with van der Waals surface area (Å²) in [6.07, 6.45) is 14.5. The number of unbranched alkanes of at least 4 members (excludes halogenated alkanes) is 1. The molecule has 1 aliphatic carbocycles. The molecule has 0 N–H and O–H groups in total. The van der Waals surface area contributed by atoms with Crippen molar-refractivity contribution < 1.29 is 4.74 Å². The number of ether oxygens (including phenoxy) is 1. The molecule has 106 valence electrons. The molecular weight excluding hydrogens is 288 g/mol. The quantitative estimate of drug-likeness (QED) is 0.603. The van der Waals surface area contributed by atoms with E-state index in [4.69, 9.17) is 4.74 Å². The van der Waals surface area contributed by atoms with Gasteiger partial charge in [-0.05, 0) is 56.3 Å². The van der Waals surface area contributed by atoms with Gasteiger partial charge in [0.1, 0.15) is 0 Å². The Kier molecular flexibility index (Phi) is 6.00. The minimum absolute atomic E-state index is 0.553. The molecule has 1 aliphatic heterocycles. The van der Waals surface area contributed by atoms with E-state index in [1.807, 2.05) is 0 Å². The summed E-state index contributed by atoms with van der Waals surface area (Å²) in [6.45, 7) is 3.31. The molecule has 2 aliphatic rings. The van der Waals surface area contributed by atoms with Crippen molar-refractivity contribution in [3.05, 3.63) is 0 Å². The maximum absolute atomic E-state index is 5.85. The summed E-state index contributed by atoms with van der Waals surface area (Å²) in [5.41, 5.74) is 0.553. The SMILES string of the molecule is CCCCC1CCC(CBr)(CC2CCCO2)CC1. The minimum Gasteiger partial charge on any atom is -0.378 e. The number of rotatable bonds is 6. The van der Waals surface area contributed by atoms with Crippen LogP contribution in [0.4, 0.5) is 0 Å². The minimum atomic E-state index is 0.553. The third-order valence-electron chi connectivity index (χ3n) is 5.10. The number of alkyl halides is 1. The average molecular weight is 317 g/mol. The van der Waals surface area contributed by atoms with Crippen LogP contribution in [-0.4, -0.2) is 18.0 Å². The van der Waals surface area contributed by atoms with Gasteiger partial charge in [0.2, 0.25) is 0 Å². The highest BCUT2D eigenvalue weighted by Crippen LogP contribution is 2.46. The Morgan fingerprint density at radius 3 is 2.56 bits per heavy atom. The monoisotopic (exact) mass is 316 g/mol. The third kappa shape index (κ3) is 3.96. The zero-order valence-corrected chi connectivity index (χ0v) is 13.5. The summed E-state index contributed by atoms with van der Waals surface area (Å²) in [4.78, 5) is 0. The molecule has 0 spiro atoms. The van der Waals surface area contributed by atoms with Crippen molar-refractivity contribution in [1.82, 2.24) is 0 Å². The standard InChI is InChI=1S/C16H29BrO/c1-2-3-5-14-7-9-16(13-17,10-8-14)12-15-6-4-11-18-15/h14-15H,2-13H2,1H3. The normalized spacial score (nSPS) is 37.0. The molecule has 0 aromatic heterocycles. The van der Waals surface area contributed by atoms with E-state index in [-0.39, 0.29) is 0 Å². The Morgan fingerprint density at radius 1 is 1.22 bits per heavy atom. The molecule has 2 heteroatoms. The largest absolute Gasteiger partial charge is 0.378 e. The van der Waals surface area contributed by atoms with Crippen LogP contribution >= 0.6 is 15.9 Å². The summed E-state index contributed by atoms with van der Waals surface area (Å²) >= 11 is 3.79. The summed E-state index contributed by atoms with van der Waals surface area (Å²) in [5.74, 6) is 1.02. The lowest BCUT2D eigenvalue weighted by molar-refractivity contribution is 0.0456. The van der Waals surface area contributed by atoms with Crippen LogP contribution in [0.25, 0.3) is 0 Å². The van der Waals surface area contributed by atoms with Gasteiger partial charge in [0.05, 0.1) is 6.10 Å². The molecule has 1 atom stereocenters. The van der Waals surface area contributed by atoms with Crippen LogP contribution in [-0.2, 0) is 4.74 Å². The Morgan fingerprint density at radius 2 is 2.00 bits per heavy atom.